The molecule has 4 heteroatoms. The number of terminal acetylenes is 1. The van der Waals surface area contributed by atoms with Crippen molar-refractivity contribution in [2.24, 2.45) is 0 Å². The highest BCUT2D eigenvalue weighted by atomic mass is 15.3. The van der Waals surface area contributed by atoms with E-state index in [4.69, 9.17) is 6.42 Å². The Balaban J connectivity index is 2.50. The molecule has 15 heavy (non-hydrogen) atoms. The first-order valence-corrected chi connectivity index (χ1v) is 5.38. The summed E-state index contributed by atoms with van der Waals surface area (Å²) in [6.07, 6.45) is 8.94. The number of hydrogen-bond donors (Lipinski definition) is 1. The zero-order chi connectivity index (χ0) is 11.1. The molecule has 1 N–H and O–H groups in total. The molecule has 0 spiro atoms. The van der Waals surface area contributed by atoms with Gasteiger partial charge in [0.05, 0.1) is 12.6 Å². The maximum Gasteiger partial charge on any atom is 0.140 e. The average molecular weight is 206 g/mol. The molecule has 1 rings (SSSR count). The Labute approximate surface area is 91.1 Å². The van der Waals surface area contributed by atoms with E-state index >= 15 is 0 Å². The van der Waals surface area contributed by atoms with E-state index in [-0.39, 0.29) is 6.04 Å². The Morgan fingerprint density at radius 3 is 3.00 bits per heavy atom. The van der Waals surface area contributed by atoms with E-state index in [0.717, 1.165) is 25.2 Å². The van der Waals surface area contributed by atoms with Crippen LogP contribution in [-0.2, 0) is 13.1 Å². The molecule has 0 aliphatic carbocycles. The molecule has 0 radical (unpaired) electrons. The first-order chi connectivity index (χ1) is 7.31. The summed E-state index contributed by atoms with van der Waals surface area (Å²) in [5.41, 5.74) is 0. The van der Waals surface area contributed by atoms with Crippen LogP contribution in [-0.4, -0.2) is 20.8 Å². The molecule has 0 fully saturated rings. The first kappa shape index (κ1) is 11.7. The smallest absolute Gasteiger partial charge is 0.140 e. The monoisotopic (exact) mass is 206 g/mol. The standard InChI is InChI=1S/C11H18N4/c1-4-7-15-11(13-9-14-15)8-12-10(5-2)6-3/h2,9-10,12H,4,6-8H2,1,3H3. The Morgan fingerprint density at radius 2 is 2.40 bits per heavy atom. The molecule has 1 aromatic rings. The van der Waals surface area contributed by atoms with E-state index in [0.29, 0.717) is 6.54 Å². The van der Waals surface area contributed by atoms with Crippen LogP contribution in [0.25, 0.3) is 0 Å². The number of nitrogens with zero attached hydrogens (tertiary/aromatic N) is 3. The van der Waals surface area contributed by atoms with Crippen molar-refractivity contribution in [3.63, 3.8) is 0 Å². The van der Waals surface area contributed by atoms with Gasteiger partial charge < -0.3 is 0 Å². The van der Waals surface area contributed by atoms with Crippen LogP contribution in [0.3, 0.4) is 0 Å². The molecule has 0 saturated heterocycles. The van der Waals surface area contributed by atoms with Crippen LogP contribution >= 0.6 is 0 Å². The molecule has 0 aromatic carbocycles. The number of aromatic nitrogens is 3. The van der Waals surface area contributed by atoms with Gasteiger partial charge >= 0.3 is 0 Å². The molecular weight excluding hydrogens is 188 g/mol. The normalized spacial score (nSPS) is 12.3. The second kappa shape index (κ2) is 6.20. The molecular formula is C11H18N4. The summed E-state index contributed by atoms with van der Waals surface area (Å²) in [7, 11) is 0. The molecule has 1 atom stereocenters. The lowest BCUT2D eigenvalue weighted by molar-refractivity contribution is 0.519. The third-order valence-corrected chi connectivity index (χ3v) is 2.25. The summed E-state index contributed by atoms with van der Waals surface area (Å²) in [5.74, 6) is 3.65. The number of nitrogens with one attached hydrogen (secondary N) is 1. The Kier molecular flexibility index (Phi) is 4.85. The first-order valence-electron chi connectivity index (χ1n) is 5.38. The van der Waals surface area contributed by atoms with E-state index in [2.05, 4.69) is 35.2 Å². The van der Waals surface area contributed by atoms with Crippen molar-refractivity contribution < 1.29 is 0 Å². The lowest BCUT2D eigenvalue weighted by Crippen LogP contribution is -2.27. The van der Waals surface area contributed by atoms with Crippen LogP contribution in [0.2, 0.25) is 0 Å². The van der Waals surface area contributed by atoms with Gasteiger partial charge in [0, 0.05) is 6.54 Å². The van der Waals surface area contributed by atoms with Gasteiger partial charge in [-0.2, -0.15) is 5.10 Å². The van der Waals surface area contributed by atoms with E-state index in [9.17, 15) is 0 Å². The van der Waals surface area contributed by atoms with Crippen LogP contribution in [0.1, 0.15) is 32.5 Å². The van der Waals surface area contributed by atoms with Gasteiger partial charge in [-0.15, -0.1) is 6.42 Å². The number of rotatable bonds is 6. The fourth-order valence-electron chi connectivity index (χ4n) is 1.36. The van der Waals surface area contributed by atoms with Gasteiger partial charge in [-0.3, -0.25) is 5.32 Å². The van der Waals surface area contributed by atoms with E-state index < -0.39 is 0 Å². The molecule has 0 amide bonds. The van der Waals surface area contributed by atoms with Crippen LogP contribution < -0.4 is 5.32 Å². The van der Waals surface area contributed by atoms with Gasteiger partial charge in [0.2, 0.25) is 0 Å². The summed E-state index contributed by atoms with van der Waals surface area (Å²) in [6.45, 7) is 5.77. The maximum absolute atomic E-state index is 5.36. The lowest BCUT2D eigenvalue weighted by Gasteiger charge is -2.10. The molecule has 82 valence electrons. The minimum absolute atomic E-state index is 0.122. The molecule has 1 unspecified atom stereocenters. The molecule has 1 aromatic heterocycles. The Bertz CT molecular complexity index is 324. The van der Waals surface area contributed by atoms with E-state index in [1.807, 2.05) is 4.68 Å². The van der Waals surface area contributed by atoms with Crippen molar-refractivity contribution in [1.29, 1.82) is 0 Å². The second-order valence-electron chi connectivity index (χ2n) is 3.41. The molecule has 0 saturated carbocycles. The van der Waals surface area contributed by atoms with E-state index in [1.54, 1.807) is 6.33 Å². The van der Waals surface area contributed by atoms with Crippen molar-refractivity contribution in [3.05, 3.63) is 12.2 Å². The largest absolute Gasteiger partial charge is 0.297 e. The number of aryl methyl sites for hydroxylation is 1. The quantitative estimate of drug-likeness (QED) is 0.711. The van der Waals surface area contributed by atoms with Crippen LogP contribution in [0, 0.1) is 12.3 Å². The van der Waals surface area contributed by atoms with Crippen molar-refractivity contribution in [2.75, 3.05) is 0 Å². The lowest BCUT2D eigenvalue weighted by atomic mass is 10.2. The van der Waals surface area contributed by atoms with Gasteiger partial charge in [-0.25, -0.2) is 9.67 Å². The van der Waals surface area contributed by atoms with Crippen molar-refractivity contribution in [3.8, 4) is 12.3 Å². The maximum atomic E-state index is 5.36. The van der Waals surface area contributed by atoms with Crippen LogP contribution in [0.15, 0.2) is 6.33 Å². The minimum atomic E-state index is 0.122. The van der Waals surface area contributed by atoms with Gasteiger partial charge in [0.25, 0.3) is 0 Å². The Hall–Kier alpha value is -1.34. The summed E-state index contributed by atoms with van der Waals surface area (Å²) in [5, 5.41) is 7.41. The zero-order valence-electron chi connectivity index (χ0n) is 9.40. The fraction of sp³-hybridized carbons (Fsp3) is 0.636. The fourth-order valence-corrected chi connectivity index (χ4v) is 1.36. The predicted octanol–water partition coefficient (Wildman–Crippen LogP) is 1.19. The summed E-state index contributed by atoms with van der Waals surface area (Å²) in [6, 6.07) is 0.122. The molecule has 4 nitrogen and oxygen atoms in total. The van der Waals surface area contributed by atoms with Gasteiger partial charge in [0.1, 0.15) is 12.2 Å². The predicted molar refractivity (Wildman–Crippen MR) is 60.1 cm³/mol. The Morgan fingerprint density at radius 1 is 1.60 bits per heavy atom. The highest BCUT2D eigenvalue weighted by Crippen LogP contribution is 1.97. The molecule has 0 bridgehead atoms. The summed E-state index contributed by atoms with van der Waals surface area (Å²) in [4.78, 5) is 4.20. The molecule has 0 aliphatic rings. The van der Waals surface area contributed by atoms with Crippen LogP contribution in [0.5, 0.6) is 0 Å². The van der Waals surface area contributed by atoms with Gasteiger partial charge in [-0.1, -0.05) is 19.8 Å². The highest BCUT2D eigenvalue weighted by Gasteiger charge is 2.05. The van der Waals surface area contributed by atoms with Crippen molar-refractivity contribution in [2.45, 2.75) is 45.8 Å². The minimum Gasteiger partial charge on any atom is -0.297 e. The second-order valence-corrected chi connectivity index (χ2v) is 3.41. The third kappa shape index (κ3) is 3.37. The van der Waals surface area contributed by atoms with Gasteiger partial charge in [0.15, 0.2) is 0 Å². The van der Waals surface area contributed by atoms with Crippen molar-refractivity contribution >= 4 is 0 Å². The third-order valence-electron chi connectivity index (χ3n) is 2.25. The zero-order valence-corrected chi connectivity index (χ0v) is 9.40. The molecule has 0 aliphatic heterocycles. The van der Waals surface area contributed by atoms with Crippen LogP contribution in [0.4, 0.5) is 0 Å². The average Bonchev–Trinajstić information content (AvgIpc) is 2.68. The van der Waals surface area contributed by atoms with Crippen molar-refractivity contribution in [1.82, 2.24) is 20.1 Å². The van der Waals surface area contributed by atoms with E-state index in [1.165, 1.54) is 0 Å². The molecule has 1 heterocycles. The van der Waals surface area contributed by atoms with Gasteiger partial charge in [-0.05, 0) is 12.8 Å². The SMILES string of the molecule is C#CC(CC)NCc1ncnn1CCC. The summed E-state index contributed by atoms with van der Waals surface area (Å²) < 4.78 is 1.91. The topological polar surface area (TPSA) is 42.7 Å². The number of hydrogen-bond acceptors (Lipinski definition) is 3. The summed E-state index contributed by atoms with van der Waals surface area (Å²) >= 11 is 0. The highest BCUT2D eigenvalue weighted by molar-refractivity contribution is 4.99.